The fourth-order valence-electron chi connectivity index (χ4n) is 1.09. The quantitative estimate of drug-likeness (QED) is 0.653. The van der Waals surface area contributed by atoms with Crippen LogP contribution < -0.4 is 10.3 Å². The Labute approximate surface area is 98.3 Å². The molecule has 1 N–H and O–H groups in total. The van der Waals surface area contributed by atoms with Gasteiger partial charge < -0.3 is 5.32 Å². The number of hydrogen-bond donors (Lipinski definition) is 1. The third kappa shape index (κ3) is 3.20. The van der Waals surface area contributed by atoms with E-state index in [1.807, 2.05) is 0 Å². The molecule has 0 aromatic heterocycles. The van der Waals surface area contributed by atoms with Gasteiger partial charge in [-0.05, 0) is 38.1 Å². The van der Waals surface area contributed by atoms with Crippen molar-refractivity contribution in [2.45, 2.75) is 19.9 Å². The van der Waals surface area contributed by atoms with Gasteiger partial charge in [0.2, 0.25) is 0 Å². The first-order valence-electron chi connectivity index (χ1n) is 4.74. The van der Waals surface area contributed by atoms with Crippen LogP contribution in [-0.2, 0) is 0 Å². The Balaban J connectivity index is 2.85. The van der Waals surface area contributed by atoms with Gasteiger partial charge in [0.15, 0.2) is 0 Å². The first kappa shape index (κ1) is 12.4. The molecule has 1 aromatic rings. The van der Waals surface area contributed by atoms with Crippen LogP contribution in [0.3, 0.4) is 0 Å². The summed E-state index contributed by atoms with van der Waals surface area (Å²) in [5.74, 6) is 0. The van der Waals surface area contributed by atoms with Gasteiger partial charge in [-0.1, -0.05) is 11.6 Å². The van der Waals surface area contributed by atoms with Crippen LogP contribution in [0.4, 0.5) is 10.5 Å². The number of urea groups is 1. The number of carbonyl (C=O) groups is 1. The van der Waals surface area contributed by atoms with Crippen LogP contribution in [0.5, 0.6) is 0 Å². The zero-order chi connectivity index (χ0) is 12.1. The van der Waals surface area contributed by atoms with Gasteiger partial charge in [0.05, 0.1) is 11.0 Å². The lowest BCUT2D eigenvalue weighted by Crippen LogP contribution is -2.40. The molecular weight excluding hydrogens is 230 g/mol. The Morgan fingerprint density at radius 1 is 1.38 bits per heavy atom. The summed E-state index contributed by atoms with van der Waals surface area (Å²) in [5.41, 5.74) is 0.373. The molecule has 6 heteroatoms. The lowest BCUT2D eigenvalue weighted by atomic mass is 10.3. The topological polar surface area (TPSA) is 61.8 Å². The highest BCUT2D eigenvalue weighted by molar-refractivity contribution is 6.30. The van der Waals surface area contributed by atoms with Crippen LogP contribution in [0, 0.1) is 4.91 Å². The number of hydrogen-bond acceptors (Lipinski definition) is 3. The molecule has 2 amide bonds. The maximum absolute atomic E-state index is 11.6. The van der Waals surface area contributed by atoms with E-state index < -0.39 is 6.03 Å². The second-order valence-corrected chi connectivity index (χ2v) is 3.91. The van der Waals surface area contributed by atoms with Crippen molar-refractivity contribution in [2.24, 2.45) is 5.29 Å². The van der Waals surface area contributed by atoms with Crippen molar-refractivity contribution >= 4 is 23.3 Å². The average molecular weight is 242 g/mol. The van der Waals surface area contributed by atoms with Crippen LogP contribution in [0.2, 0.25) is 5.02 Å². The summed E-state index contributed by atoms with van der Waals surface area (Å²) in [6.07, 6.45) is 0. The number of nitroso groups, excluding NO2 is 1. The molecule has 0 heterocycles. The zero-order valence-electron chi connectivity index (χ0n) is 8.98. The van der Waals surface area contributed by atoms with Crippen molar-refractivity contribution in [3.05, 3.63) is 34.2 Å². The Kier molecular flexibility index (Phi) is 4.25. The normalized spacial score (nSPS) is 10.0. The van der Waals surface area contributed by atoms with E-state index in [1.165, 1.54) is 0 Å². The number of anilines is 1. The van der Waals surface area contributed by atoms with E-state index in [1.54, 1.807) is 38.1 Å². The Morgan fingerprint density at radius 2 is 1.94 bits per heavy atom. The third-order valence-electron chi connectivity index (χ3n) is 1.76. The molecule has 0 aliphatic heterocycles. The number of nitrogens with zero attached hydrogens (tertiary/aromatic N) is 2. The van der Waals surface area contributed by atoms with E-state index in [0.717, 1.165) is 5.01 Å². The Hall–Kier alpha value is -1.62. The lowest BCUT2D eigenvalue weighted by Gasteiger charge is -2.16. The molecule has 0 saturated heterocycles. The van der Waals surface area contributed by atoms with E-state index in [-0.39, 0.29) is 6.04 Å². The number of benzene rings is 1. The summed E-state index contributed by atoms with van der Waals surface area (Å²) in [6, 6.07) is 5.62. The molecule has 1 aromatic carbocycles. The van der Waals surface area contributed by atoms with Gasteiger partial charge in [-0.15, -0.1) is 9.92 Å². The van der Waals surface area contributed by atoms with Crippen molar-refractivity contribution in [3.63, 3.8) is 0 Å². The molecule has 5 nitrogen and oxygen atoms in total. The molecule has 16 heavy (non-hydrogen) atoms. The van der Waals surface area contributed by atoms with E-state index in [9.17, 15) is 9.70 Å². The maximum Gasteiger partial charge on any atom is 0.345 e. The van der Waals surface area contributed by atoms with Gasteiger partial charge in [-0.2, -0.15) is 0 Å². The van der Waals surface area contributed by atoms with Crippen molar-refractivity contribution < 1.29 is 4.79 Å². The van der Waals surface area contributed by atoms with Crippen LogP contribution in [0.1, 0.15) is 13.8 Å². The van der Waals surface area contributed by atoms with Crippen LogP contribution >= 0.6 is 11.6 Å². The molecule has 0 atom stereocenters. The third-order valence-corrected chi connectivity index (χ3v) is 2.01. The van der Waals surface area contributed by atoms with Gasteiger partial charge >= 0.3 is 6.03 Å². The van der Waals surface area contributed by atoms with Crippen molar-refractivity contribution in [1.82, 2.24) is 5.32 Å². The minimum Gasteiger partial charge on any atom is -0.334 e. The largest absolute Gasteiger partial charge is 0.345 e. The van der Waals surface area contributed by atoms with E-state index in [2.05, 4.69) is 10.6 Å². The molecule has 0 fully saturated rings. The van der Waals surface area contributed by atoms with Gasteiger partial charge in [0.25, 0.3) is 0 Å². The highest BCUT2D eigenvalue weighted by Gasteiger charge is 2.16. The molecule has 86 valence electrons. The van der Waals surface area contributed by atoms with Gasteiger partial charge in [0.1, 0.15) is 0 Å². The van der Waals surface area contributed by atoms with Crippen molar-refractivity contribution in [2.75, 3.05) is 5.01 Å². The molecule has 0 aliphatic carbocycles. The minimum atomic E-state index is -0.563. The van der Waals surface area contributed by atoms with Crippen LogP contribution in [-0.4, -0.2) is 12.1 Å². The number of amides is 2. The monoisotopic (exact) mass is 241 g/mol. The fourth-order valence-corrected chi connectivity index (χ4v) is 1.22. The maximum atomic E-state index is 11.6. The van der Waals surface area contributed by atoms with Gasteiger partial charge in [-0.25, -0.2) is 4.79 Å². The van der Waals surface area contributed by atoms with E-state index >= 15 is 0 Å². The average Bonchev–Trinajstić information content (AvgIpc) is 2.21. The van der Waals surface area contributed by atoms with Gasteiger partial charge in [0, 0.05) is 11.1 Å². The smallest absolute Gasteiger partial charge is 0.334 e. The first-order chi connectivity index (χ1) is 7.54. The predicted molar refractivity (Wildman–Crippen MR) is 63.4 cm³/mol. The predicted octanol–water partition coefficient (Wildman–Crippen LogP) is 2.95. The summed E-state index contributed by atoms with van der Waals surface area (Å²) in [7, 11) is 0. The number of halogens is 1. The molecule has 0 radical (unpaired) electrons. The summed E-state index contributed by atoms with van der Waals surface area (Å²) in [4.78, 5) is 22.2. The van der Waals surface area contributed by atoms with E-state index in [4.69, 9.17) is 11.6 Å². The minimum absolute atomic E-state index is 0.0657. The Bertz CT molecular complexity index is 378. The zero-order valence-corrected chi connectivity index (χ0v) is 9.73. The second-order valence-electron chi connectivity index (χ2n) is 3.47. The standard InChI is InChI=1S/C10H12ClN3O2/c1-7(2)12-10(15)14(13-16)9-5-3-8(11)4-6-9/h3-7H,1-2H3,(H,12,15). The van der Waals surface area contributed by atoms with Crippen LogP contribution in [0.25, 0.3) is 0 Å². The van der Waals surface area contributed by atoms with E-state index in [0.29, 0.717) is 10.7 Å². The second kappa shape index (κ2) is 5.46. The number of carbonyl (C=O) groups excluding carboxylic acids is 1. The van der Waals surface area contributed by atoms with Crippen molar-refractivity contribution in [3.8, 4) is 0 Å². The molecule has 0 aliphatic rings. The number of rotatable bonds is 3. The highest BCUT2D eigenvalue weighted by Crippen LogP contribution is 2.18. The van der Waals surface area contributed by atoms with Gasteiger partial charge in [-0.3, -0.25) is 0 Å². The SMILES string of the molecule is CC(C)NC(=O)N(N=O)c1ccc(Cl)cc1. The highest BCUT2D eigenvalue weighted by atomic mass is 35.5. The van der Waals surface area contributed by atoms with Crippen molar-refractivity contribution in [1.29, 1.82) is 0 Å². The molecule has 0 spiro atoms. The molecule has 1 rings (SSSR count). The fraction of sp³-hybridized carbons (Fsp3) is 0.300. The molecule has 0 saturated carbocycles. The summed E-state index contributed by atoms with van der Waals surface area (Å²) < 4.78 is 0. The molecule has 0 bridgehead atoms. The first-order valence-corrected chi connectivity index (χ1v) is 5.12. The molecule has 0 unspecified atom stereocenters. The lowest BCUT2D eigenvalue weighted by molar-refractivity contribution is 0.244. The van der Waals surface area contributed by atoms with Crippen LogP contribution in [0.15, 0.2) is 29.6 Å². The summed E-state index contributed by atoms with van der Waals surface area (Å²) in [6.45, 7) is 3.59. The number of nitrogens with one attached hydrogen (secondary N) is 1. The summed E-state index contributed by atoms with van der Waals surface area (Å²) in [5, 5.41) is 6.51. The molecular formula is C10H12ClN3O2. The summed E-state index contributed by atoms with van der Waals surface area (Å²) >= 11 is 5.70. The Morgan fingerprint density at radius 3 is 2.38 bits per heavy atom.